The Morgan fingerprint density at radius 2 is 1.69 bits per heavy atom. The van der Waals surface area contributed by atoms with Gasteiger partial charge < -0.3 is 10.1 Å². The van der Waals surface area contributed by atoms with Crippen molar-refractivity contribution in [3.05, 3.63) is 112 Å². The molecule has 3 aromatic rings. The number of phenols is 1. The highest BCUT2D eigenvalue weighted by Gasteiger charge is 2.21. The van der Waals surface area contributed by atoms with Crippen LogP contribution < -0.4 is 5.56 Å². The van der Waals surface area contributed by atoms with Gasteiger partial charge in [0.1, 0.15) is 16.5 Å². The van der Waals surface area contributed by atoms with Gasteiger partial charge in [-0.1, -0.05) is 59.8 Å². The molecule has 2 heterocycles. The Hall–Kier alpha value is -3.77. The van der Waals surface area contributed by atoms with Crippen LogP contribution in [0.3, 0.4) is 0 Å². The number of aryl methyl sites for hydroxylation is 1. The van der Waals surface area contributed by atoms with Crippen molar-refractivity contribution < 1.29 is 5.11 Å². The molecule has 0 saturated carbocycles. The Balaban J connectivity index is 1.64. The van der Waals surface area contributed by atoms with Gasteiger partial charge in [0.05, 0.1) is 5.69 Å². The smallest absolute Gasteiger partial charge is 0.278 e. The number of hydrogen-bond donors (Lipinski definition) is 2. The van der Waals surface area contributed by atoms with Crippen LogP contribution >= 0.6 is 11.8 Å². The van der Waals surface area contributed by atoms with Gasteiger partial charge in [-0.15, -0.1) is 0 Å². The Labute approximate surface area is 189 Å². The Kier molecular flexibility index (Phi) is 5.29. The predicted molar refractivity (Wildman–Crippen MR) is 127 cm³/mol. The molecular formula is C26H21N3O2S. The highest BCUT2D eigenvalue weighted by atomic mass is 32.2. The standard InChI is InChI=1S/C26H21N3O2S/c1-17-7-13-21(14-8-17)32-25-24-27-22(15-18-5-3-2-4-6-18)26(31)29(24)16-23(28-25)19-9-11-20(30)12-10-19/h2-14,16,28,30H,15H2,1H3. The lowest BCUT2D eigenvalue weighted by Crippen LogP contribution is -2.16. The van der Waals surface area contributed by atoms with Gasteiger partial charge in [-0.3, -0.25) is 9.36 Å². The van der Waals surface area contributed by atoms with Crippen LogP contribution in [0.4, 0.5) is 0 Å². The second-order valence-electron chi connectivity index (χ2n) is 7.68. The maximum absolute atomic E-state index is 13.3. The number of H-pyrrole nitrogens is 1. The molecule has 0 amide bonds. The fourth-order valence-electron chi connectivity index (χ4n) is 3.57. The molecule has 5 rings (SSSR count). The maximum Gasteiger partial charge on any atom is 0.278 e. The van der Waals surface area contributed by atoms with Crippen molar-refractivity contribution >= 4 is 11.8 Å². The lowest BCUT2D eigenvalue weighted by molar-refractivity contribution is 0.475. The third kappa shape index (κ3) is 4.05. The molecule has 32 heavy (non-hydrogen) atoms. The third-order valence-corrected chi connectivity index (χ3v) is 6.27. The molecule has 0 atom stereocenters. The summed E-state index contributed by atoms with van der Waals surface area (Å²) in [5.41, 5.74) is 4.26. The number of aromatic amines is 1. The monoisotopic (exact) mass is 439 g/mol. The molecule has 0 bridgehead atoms. The van der Waals surface area contributed by atoms with E-state index in [0.717, 1.165) is 26.7 Å². The molecule has 3 aromatic carbocycles. The molecule has 0 saturated heterocycles. The van der Waals surface area contributed by atoms with E-state index in [4.69, 9.17) is 4.98 Å². The summed E-state index contributed by atoms with van der Waals surface area (Å²) in [6.45, 7) is 2.05. The quantitative estimate of drug-likeness (QED) is 0.384. The molecule has 6 heteroatoms. The molecule has 0 unspecified atom stereocenters. The van der Waals surface area contributed by atoms with Crippen LogP contribution in [0, 0.1) is 6.92 Å². The maximum atomic E-state index is 13.3. The van der Waals surface area contributed by atoms with Crippen LogP contribution in [0.25, 0.3) is 17.1 Å². The topological polar surface area (TPSA) is 70.9 Å². The minimum atomic E-state index is -0.122. The number of aromatic nitrogens is 3. The first-order valence-electron chi connectivity index (χ1n) is 10.3. The third-order valence-electron chi connectivity index (χ3n) is 5.28. The predicted octanol–water partition coefficient (Wildman–Crippen LogP) is 5.42. The van der Waals surface area contributed by atoms with E-state index in [9.17, 15) is 9.90 Å². The summed E-state index contributed by atoms with van der Waals surface area (Å²) < 4.78 is 1.62. The van der Waals surface area contributed by atoms with Gasteiger partial charge in [0.2, 0.25) is 0 Å². The van der Waals surface area contributed by atoms with E-state index in [1.54, 1.807) is 22.9 Å². The molecule has 0 fully saturated rings. The zero-order valence-corrected chi connectivity index (χ0v) is 18.3. The number of aromatic hydroxyl groups is 1. The highest BCUT2D eigenvalue weighted by Crippen LogP contribution is 2.33. The van der Waals surface area contributed by atoms with E-state index in [0.29, 0.717) is 17.9 Å². The minimum absolute atomic E-state index is 0.122. The Morgan fingerprint density at radius 1 is 0.969 bits per heavy atom. The van der Waals surface area contributed by atoms with Crippen LogP contribution in [0.1, 0.15) is 16.8 Å². The number of phenolic OH excluding ortho intramolecular Hbond substituents is 1. The summed E-state index contributed by atoms with van der Waals surface area (Å²) in [7, 11) is 0. The molecular weight excluding hydrogens is 418 g/mol. The van der Waals surface area contributed by atoms with Gasteiger partial charge in [-0.25, -0.2) is 4.98 Å². The van der Waals surface area contributed by atoms with E-state index >= 15 is 0 Å². The summed E-state index contributed by atoms with van der Waals surface area (Å²) in [4.78, 5) is 22.5. The normalized spacial score (nSPS) is 11.2. The molecule has 2 N–H and O–H groups in total. The summed E-state index contributed by atoms with van der Waals surface area (Å²) in [6, 6.07) is 25.0. The SMILES string of the molecule is Cc1ccc(Sc2[nH]c(-c3ccc(O)cc3)cn3c(=O)c(Cc4ccccc4)nc2-3)cc1. The molecule has 0 aliphatic carbocycles. The average molecular weight is 440 g/mol. The van der Waals surface area contributed by atoms with E-state index in [1.807, 2.05) is 42.5 Å². The average Bonchev–Trinajstić information content (AvgIpc) is 3.12. The van der Waals surface area contributed by atoms with Gasteiger partial charge in [0.15, 0.2) is 5.82 Å². The number of nitrogens with one attached hydrogen (secondary N) is 1. The number of imidazole rings is 1. The van der Waals surface area contributed by atoms with E-state index in [2.05, 4.69) is 36.2 Å². The van der Waals surface area contributed by atoms with Crippen molar-refractivity contribution in [3.8, 4) is 22.8 Å². The van der Waals surface area contributed by atoms with Crippen molar-refractivity contribution in [3.63, 3.8) is 0 Å². The molecule has 0 spiro atoms. The van der Waals surface area contributed by atoms with Gasteiger partial charge >= 0.3 is 0 Å². The van der Waals surface area contributed by atoms with Gasteiger partial charge in [0.25, 0.3) is 5.56 Å². The highest BCUT2D eigenvalue weighted by molar-refractivity contribution is 7.99. The van der Waals surface area contributed by atoms with Crippen molar-refractivity contribution in [1.82, 2.24) is 14.5 Å². The second-order valence-corrected chi connectivity index (χ2v) is 8.76. The lowest BCUT2D eigenvalue weighted by Gasteiger charge is -2.13. The van der Waals surface area contributed by atoms with Crippen LogP contribution in [0.15, 0.2) is 99.8 Å². The van der Waals surface area contributed by atoms with Gasteiger partial charge in [-0.05, 0) is 54.4 Å². The van der Waals surface area contributed by atoms with Crippen LogP contribution in [-0.4, -0.2) is 19.6 Å². The number of fused-ring (bicyclic) bond motifs is 1. The first-order chi connectivity index (χ1) is 15.6. The van der Waals surface area contributed by atoms with Crippen molar-refractivity contribution in [1.29, 1.82) is 0 Å². The first kappa shape index (κ1) is 20.2. The number of benzene rings is 3. The molecule has 0 radical (unpaired) electrons. The summed E-state index contributed by atoms with van der Waals surface area (Å²) >= 11 is 1.54. The zero-order chi connectivity index (χ0) is 22.1. The fraction of sp³-hybridized carbons (Fsp3) is 0.0769. The minimum Gasteiger partial charge on any atom is -0.508 e. The lowest BCUT2D eigenvalue weighted by atomic mass is 10.1. The first-order valence-corrected chi connectivity index (χ1v) is 11.1. The number of rotatable bonds is 5. The molecule has 0 aromatic heterocycles. The zero-order valence-electron chi connectivity index (χ0n) is 17.4. The van der Waals surface area contributed by atoms with Crippen molar-refractivity contribution in [2.45, 2.75) is 23.3 Å². The van der Waals surface area contributed by atoms with E-state index in [1.165, 1.54) is 17.3 Å². The molecule has 5 nitrogen and oxygen atoms in total. The van der Waals surface area contributed by atoms with Crippen LogP contribution in [0.5, 0.6) is 5.75 Å². The van der Waals surface area contributed by atoms with Crippen molar-refractivity contribution in [2.75, 3.05) is 0 Å². The summed E-state index contributed by atoms with van der Waals surface area (Å²) in [6.07, 6.45) is 2.26. The summed E-state index contributed by atoms with van der Waals surface area (Å²) in [5, 5.41) is 10.4. The Morgan fingerprint density at radius 3 is 2.41 bits per heavy atom. The fourth-order valence-corrected chi connectivity index (χ4v) is 4.48. The summed E-state index contributed by atoms with van der Waals surface area (Å²) in [5.74, 6) is 0.801. The van der Waals surface area contributed by atoms with E-state index in [-0.39, 0.29) is 11.3 Å². The molecule has 2 aliphatic rings. The van der Waals surface area contributed by atoms with Crippen molar-refractivity contribution in [2.24, 2.45) is 0 Å². The second kappa shape index (κ2) is 8.40. The van der Waals surface area contributed by atoms with Gasteiger partial charge in [-0.2, -0.15) is 0 Å². The number of nitrogens with zero attached hydrogens (tertiary/aromatic N) is 2. The van der Waals surface area contributed by atoms with Crippen LogP contribution in [0.2, 0.25) is 0 Å². The molecule has 2 aliphatic heterocycles. The van der Waals surface area contributed by atoms with Gasteiger partial charge in [0, 0.05) is 17.5 Å². The molecule has 158 valence electrons. The largest absolute Gasteiger partial charge is 0.508 e. The van der Waals surface area contributed by atoms with E-state index < -0.39 is 0 Å². The van der Waals surface area contributed by atoms with Crippen LogP contribution in [-0.2, 0) is 6.42 Å². The number of hydrogen-bond acceptors (Lipinski definition) is 4. The Bertz CT molecular complexity index is 1390.